The molecular weight excluding hydrogens is 525 g/mol. The number of aliphatic imine (C=N–C) groups is 2. The lowest BCUT2D eigenvalue weighted by molar-refractivity contribution is 0.605. The normalized spacial score (nSPS) is 17.8. The van der Waals surface area contributed by atoms with E-state index in [2.05, 4.69) is 125 Å². The second kappa shape index (κ2) is 9.64. The van der Waals surface area contributed by atoms with Gasteiger partial charge in [-0.1, -0.05) is 97.1 Å². The molecule has 0 saturated carbocycles. The van der Waals surface area contributed by atoms with Gasteiger partial charge in [0.15, 0.2) is 0 Å². The fourth-order valence-corrected chi connectivity index (χ4v) is 8.11. The molecule has 7 rings (SSSR count). The maximum Gasteiger partial charge on any atom is 0.0984 e. The number of thioether (sulfide) groups is 2. The van der Waals surface area contributed by atoms with Crippen molar-refractivity contribution >= 4 is 55.2 Å². The number of benzene rings is 5. The van der Waals surface area contributed by atoms with Gasteiger partial charge in [0.25, 0.3) is 0 Å². The van der Waals surface area contributed by atoms with Gasteiger partial charge in [-0.25, -0.2) is 0 Å². The van der Waals surface area contributed by atoms with Crippen molar-refractivity contribution < 1.29 is 0 Å². The summed E-state index contributed by atoms with van der Waals surface area (Å²) in [4.78, 5) is 9.89. The highest BCUT2D eigenvalue weighted by molar-refractivity contribution is 8.15. The molecule has 2 aliphatic rings. The van der Waals surface area contributed by atoms with Crippen LogP contribution in [0.2, 0.25) is 0 Å². The van der Waals surface area contributed by atoms with Gasteiger partial charge >= 0.3 is 0 Å². The van der Waals surface area contributed by atoms with Crippen LogP contribution < -0.4 is 0 Å². The largest absolute Gasteiger partial charge is 0.271 e. The molecule has 0 radical (unpaired) electrons. The summed E-state index contributed by atoms with van der Waals surface area (Å²) in [7, 11) is 0. The Labute approximate surface area is 245 Å². The third kappa shape index (κ3) is 4.57. The topological polar surface area (TPSA) is 24.7 Å². The molecule has 5 aromatic rings. The maximum absolute atomic E-state index is 4.95. The second-order valence-corrected chi connectivity index (χ2v) is 14.0. The highest BCUT2D eigenvalue weighted by Crippen LogP contribution is 2.44. The predicted molar refractivity (Wildman–Crippen MR) is 178 cm³/mol. The Balaban J connectivity index is 1.37. The molecule has 0 aromatic heterocycles. The van der Waals surface area contributed by atoms with Crippen LogP contribution in [0.15, 0.2) is 107 Å². The Morgan fingerprint density at radius 3 is 1.02 bits per heavy atom. The van der Waals surface area contributed by atoms with E-state index in [0.29, 0.717) is 0 Å². The molecule has 0 spiro atoms. The summed E-state index contributed by atoms with van der Waals surface area (Å²) in [5.74, 6) is 2.07. The number of hydrogen-bond donors (Lipinski definition) is 0. The summed E-state index contributed by atoms with van der Waals surface area (Å²) in [5, 5.41) is 7.41. The van der Waals surface area contributed by atoms with Gasteiger partial charge in [0.2, 0.25) is 0 Å². The molecule has 0 fully saturated rings. The highest BCUT2D eigenvalue weighted by atomic mass is 32.2. The van der Waals surface area contributed by atoms with Crippen molar-refractivity contribution in [3.63, 3.8) is 0 Å². The summed E-state index contributed by atoms with van der Waals surface area (Å²) in [5.41, 5.74) is 7.49. The quantitative estimate of drug-likeness (QED) is 0.206. The van der Waals surface area contributed by atoms with Crippen LogP contribution in [0.3, 0.4) is 0 Å². The molecule has 2 heterocycles. The summed E-state index contributed by atoms with van der Waals surface area (Å²) in [6.45, 7) is 8.82. The Hall–Kier alpha value is -3.34. The van der Waals surface area contributed by atoms with Crippen LogP contribution in [0, 0.1) is 0 Å². The zero-order valence-electron chi connectivity index (χ0n) is 23.4. The molecule has 0 amide bonds. The fourth-order valence-electron chi connectivity index (χ4n) is 5.77. The van der Waals surface area contributed by atoms with Crippen molar-refractivity contribution in [1.29, 1.82) is 0 Å². The molecule has 0 bridgehead atoms. The van der Waals surface area contributed by atoms with Crippen molar-refractivity contribution in [2.45, 2.75) is 38.8 Å². The molecule has 198 valence electrons. The van der Waals surface area contributed by atoms with E-state index in [1.807, 2.05) is 23.5 Å². The van der Waals surface area contributed by atoms with Crippen molar-refractivity contribution in [2.24, 2.45) is 9.98 Å². The standard InChI is InChI=1S/C36H32N2S2/c1-35(2)21-39-33(37-35)25-17-13-23(14-18-25)31-27-9-5-7-11-29(27)32(30-12-8-6-10-28(30)31)24-15-19-26(20-16-24)34-38-36(3,4)22-40-34/h5-20H,21-22H2,1-4H3. The van der Waals surface area contributed by atoms with Gasteiger partial charge in [-0.15, -0.1) is 23.5 Å². The van der Waals surface area contributed by atoms with E-state index >= 15 is 0 Å². The molecule has 0 atom stereocenters. The van der Waals surface area contributed by atoms with Crippen LogP contribution >= 0.6 is 23.5 Å². The lowest BCUT2D eigenvalue weighted by atomic mass is 9.86. The second-order valence-electron chi connectivity index (χ2n) is 12.0. The van der Waals surface area contributed by atoms with Crippen molar-refractivity contribution in [3.05, 3.63) is 108 Å². The lowest BCUT2D eigenvalue weighted by Gasteiger charge is -2.18. The van der Waals surface area contributed by atoms with Gasteiger partial charge in [0, 0.05) is 22.6 Å². The van der Waals surface area contributed by atoms with Gasteiger partial charge < -0.3 is 0 Å². The zero-order valence-corrected chi connectivity index (χ0v) is 25.0. The van der Waals surface area contributed by atoms with E-state index in [-0.39, 0.29) is 11.1 Å². The summed E-state index contributed by atoms with van der Waals surface area (Å²) < 4.78 is 0. The monoisotopic (exact) mass is 556 g/mol. The predicted octanol–water partition coefficient (Wildman–Crippen LogP) is 9.87. The molecule has 0 N–H and O–H groups in total. The maximum atomic E-state index is 4.95. The molecule has 0 unspecified atom stereocenters. The number of fused-ring (bicyclic) bond motifs is 2. The molecule has 2 nitrogen and oxygen atoms in total. The van der Waals surface area contributed by atoms with Crippen molar-refractivity contribution in [2.75, 3.05) is 11.5 Å². The number of hydrogen-bond acceptors (Lipinski definition) is 4. The Bertz CT molecular complexity index is 1640. The first kappa shape index (κ1) is 25.6. The third-order valence-electron chi connectivity index (χ3n) is 7.71. The Morgan fingerprint density at radius 2 is 0.750 bits per heavy atom. The van der Waals surface area contributed by atoms with Crippen LogP contribution in [0.5, 0.6) is 0 Å². The molecule has 0 aliphatic carbocycles. The number of rotatable bonds is 4. The van der Waals surface area contributed by atoms with Crippen LogP contribution in [-0.4, -0.2) is 32.7 Å². The zero-order chi connectivity index (χ0) is 27.5. The molecule has 4 heteroatoms. The molecule has 2 aliphatic heterocycles. The van der Waals surface area contributed by atoms with Gasteiger partial charge in [0.05, 0.1) is 21.2 Å². The third-order valence-corrected chi connectivity index (χ3v) is 10.6. The van der Waals surface area contributed by atoms with Crippen LogP contribution in [0.25, 0.3) is 43.8 Å². The minimum Gasteiger partial charge on any atom is -0.271 e. The van der Waals surface area contributed by atoms with E-state index in [9.17, 15) is 0 Å². The van der Waals surface area contributed by atoms with E-state index in [1.54, 1.807) is 0 Å². The highest BCUT2D eigenvalue weighted by Gasteiger charge is 2.27. The van der Waals surface area contributed by atoms with Crippen LogP contribution in [0.1, 0.15) is 38.8 Å². The van der Waals surface area contributed by atoms with E-state index in [4.69, 9.17) is 9.98 Å². The minimum atomic E-state index is 0.0130. The smallest absolute Gasteiger partial charge is 0.0984 e. The van der Waals surface area contributed by atoms with E-state index in [1.165, 1.54) is 54.9 Å². The van der Waals surface area contributed by atoms with E-state index in [0.717, 1.165) is 21.6 Å². The van der Waals surface area contributed by atoms with Crippen LogP contribution in [0.4, 0.5) is 0 Å². The van der Waals surface area contributed by atoms with Crippen molar-refractivity contribution in [1.82, 2.24) is 0 Å². The minimum absolute atomic E-state index is 0.0130. The summed E-state index contributed by atoms with van der Waals surface area (Å²) >= 11 is 3.72. The molecule has 40 heavy (non-hydrogen) atoms. The average molecular weight is 557 g/mol. The number of nitrogens with zero attached hydrogens (tertiary/aromatic N) is 2. The fraction of sp³-hybridized carbons (Fsp3) is 0.222. The Morgan fingerprint density at radius 1 is 0.450 bits per heavy atom. The van der Waals surface area contributed by atoms with Gasteiger partial charge in [-0.2, -0.15) is 0 Å². The average Bonchev–Trinajstić information content (AvgIpc) is 3.52. The first-order valence-electron chi connectivity index (χ1n) is 13.9. The van der Waals surface area contributed by atoms with Crippen molar-refractivity contribution in [3.8, 4) is 22.3 Å². The molecule has 0 saturated heterocycles. The van der Waals surface area contributed by atoms with Gasteiger partial charge in [-0.3, -0.25) is 9.98 Å². The van der Waals surface area contributed by atoms with E-state index < -0.39 is 0 Å². The lowest BCUT2D eigenvalue weighted by Crippen LogP contribution is -2.15. The SMILES string of the molecule is CC1(C)CSC(c2ccc(-c3c4ccccc4c(-c4ccc(C5=NC(C)(C)CS5)cc4)c4ccccc34)cc2)=N1. The van der Waals surface area contributed by atoms with Crippen LogP contribution in [-0.2, 0) is 0 Å². The summed E-state index contributed by atoms with van der Waals surface area (Å²) in [6, 6.07) is 35.8. The summed E-state index contributed by atoms with van der Waals surface area (Å²) in [6.07, 6.45) is 0. The molecular formula is C36H32N2S2. The van der Waals surface area contributed by atoms with Gasteiger partial charge in [-0.05, 0) is 71.5 Å². The van der Waals surface area contributed by atoms with Gasteiger partial charge in [0.1, 0.15) is 0 Å². The Kier molecular flexibility index (Phi) is 6.17. The first-order chi connectivity index (χ1) is 19.3. The first-order valence-corrected chi connectivity index (χ1v) is 15.9. The molecule has 5 aromatic carbocycles.